The predicted molar refractivity (Wildman–Crippen MR) is 73.7 cm³/mol. The van der Waals surface area contributed by atoms with E-state index in [9.17, 15) is 9.90 Å². The summed E-state index contributed by atoms with van der Waals surface area (Å²) in [4.78, 5) is 11.2. The minimum Gasteiger partial charge on any atom is -0.481 e. The number of benzene rings is 1. The van der Waals surface area contributed by atoms with E-state index in [1.807, 2.05) is 45.0 Å². The van der Waals surface area contributed by atoms with Gasteiger partial charge in [0.1, 0.15) is 0 Å². The van der Waals surface area contributed by atoms with Gasteiger partial charge in [0, 0.05) is 11.5 Å². The zero-order valence-electron chi connectivity index (χ0n) is 11.4. The standard InChI is InChI=1S/C15H23NO2/c1-4-13(16)15(5-2,10-14(17)18)12-8-6-11(3)7-9-12/h6-9,13H,4-5,10,16H2,1-3H3,(H,17,18). The zero-order valence-corrected chi connectivity index (χ0v) is 11.4. The van der Waals surface area contributed by atoms with Crippen molar-refractivity contribution in [2.45, 2.75) is 51.5 Å². The fourth-order valence-electron chi connectivity index (χ4n) is 2.58. The first-order valence-corrected chi connectivity index (χ1v) is 6.50. The van der Waals surface area contributed by atoms with Crippen LogP contribution in [0.4, 0.5) is 0 Å². The highest BCUT2D eigenvalue weighted by molar-refractivity contribution is 5.69. The SMILES string of the molecule is CCC(N)C(CC)(CC(=O)O)c1ccc(C)cc1. The van der Waals surface area contributed by atoms with E-state index in [1.54, 1.807) is 0 Å². The van der Waals surface area contributed by atoms with Gasteiger partial charge in [-0.2, -0.15) is 0 Å². The molecule has 0 radical (unpaired) electrons. The molecule has 18 heavy (non-hydrogen) atoms. The number of carboxylic acids is 1. The average molecular weight is 249 g/mol. The Hall–Kier alpha value is -1.35. The van der Waals surface area contributed by atoms with Crippen LogP contribution < -0.4 is 5.73 Å². The van der Waals surface area contributed by atoms with Crippen molar-refractivity contribution < 1.29 is 9.90 Å². The van der Waals surface area contributed by atoms with Gasteiger partial charge >= 0.3 is 5.97 Å². The molecular weight excluding hydrogens is 226 g/mol. The Morgan fingerprint density at radius 2 is 1.89 bits per heavy atom. The molecule has 0 aliphatic rings. The molecular formula is C15H23NO2. The molecule has 2 unspecified atom stereocenters. The molecule has 0 aromatic heterocycles. The van der Waals surface area contributed by atoms with E-state index in [1.165, 1.54) is 5.56 Å². The Bertz CT molecular complexity index is 399. The largest absolute Gasteiger partial charge is 0.481 e. The molecule has 0 saturated heterocycles. The smallest absolute Gasteiger partial charge is 0.304 e. The second-order valence-electron chi connectivity index (χ2n) is 4.96. The molecule has 0 amide bonds. The highest BCUT2D eigenvalue weighted by atomic mass is 16.4. The summed E-state index contributed by atoms with van der Waals surface area (Å²) in [5, 5.41) is 9.18. The predicted octanol–water partition coefficient (Wildman–Crippen LogP) is 2.85. The Morgan fingerprint density at radius 3 is 2.28 bits per heavy atom. The van der Waals surface area contributed by atoms with Crippen LogP contribution in [0.1, 0.15) is 44.2 Å². The van der Waals surface area contributed by atoms with Crippen molar-refractivity contribution in [1.29, 1.82) is 0 Å². The third kappa shape index (κ3) is 2.91. The Balaban J connectivity index is 3.24. The summed E-state index contributed by atoms with van der Waals surface area (Å²) in [6.07, 6.45) is 1.59. The van der Waals surface area contributed by atoms with Crippen molar-refractivity contribution in [2.24, 2.45) is 5.73 Å². The van der Waals surface area contributed by atoms with E-state index in [0.29, 0.717) is 0 Å². The van der Waals surface area contributed by atoms with Gasteiger partial charge in [-0.05, 0) is 25.3 Å². The van der Waals surface area contributed by atoms with Crippen LogP contribution in [0.25, 0.3) is 0 Å². The fraction of sp³-hybridized carbons (Fsp3) is 0.533. The van der Waals surface area contributed by atoms with Crippen LogP contribution >= 0.6 is 0 Å². The third-order valence-corrected chi connectivity index (χ3v) is 3.87. The summed E-state index contributed by atoms with van der Waals surface area (Å²) in [6, 6.07) is 7.92. The van der Waals surface area contributed by atoms with E-state index < -0.39 is 11.4 Å². The zero-order chi connectivity index (χ0) is 13.8. The number of hydrogen-bond acceptors (Lipinski definition) is 2. The monoisotopic (exact) mass is 249 g/mol. The number of hydrogen-bond donors (Lipinski definition) is 2. The van der Waals surface area contributed by atoms with Crippen molar-refractivity contribution in [1.82, 2.24) is 0 Å². The lowest BCUT2D eigenvalue weighted by atomic mass is 9.69. The summed E-state index contributed by atoms with van der Waals surface area (Å²) in [7, 11) is 0. The molecule has 0 spiro atoms. The maximum Gasteiger partial charge on any atom is 0.304 e. The van der Waals surface area contributed by atoms with Gasteiger partial charge in [0.15, 0.2) is 0 Å². The minimum absolute atomic E-state index is 0.0849. The van der Waals surface area contributed by atoms with Crippen molar-refractivity contribution in [3.8, 4) is 0 Å². The molecule has 100 valence electrons. The lowest BCUT2D eigenvalue weighted by molar-refractivity contribution is -0.138. The van der Waals surface area contributed by atoms with Crippen LogP contribution in [0.3, 0.4) is 0 Å². The van der Waals surface area contributed by atoms with Gasteiger partial charge < -0.3 is 10.8 Å². The lowest BCUT2D eigenvalue weighted by Gasteiger charge is -2.37. The average Bonchev–Trinajstić information content (AvgIpc) is 2.35. The van der Waals surface area contributed by atoms with E-state index in [4.69, 9.17) is 5.73 Å². The quantitative estimate of drug-likeness (QED) is 0.814. The van der Waals surface area contributed by atoms with Crippen LogP contribution in [-0.4, -0.2) is 17.1 Å². The van der Waals surface area contributed by atoms with E-state index in [0.717, 1.165) is 18.4 Å². The lowest BCUT2D eigenvalue weighted by Crippen LogP contribution is -2.46. The number of nitrogens with two attached hydrogens (primary N) is 1. The van der Waals surface area contributed by atoms with Crippen molar-refractivity contribution in [3.63, 3.8) is 0 Å². The number of carbonyl (C=O) groups is 1. The topological polar surface area (TPSA) is 63.3 Å². The van der Waals surface area contributed by atoms with Crippen LogP contribution in [0.5, 0.6) is 0 Å². The summed E-state index contributed by atoms with van der Waals surface area (Å²) in [5.74, 6) is -0.790. The van der Waals surface area contributed by atoms with Crippen molar-refractivity contribution in [2.75, 3.05) is 0 Å². The first-order valence-electron chi connectivity index (χ1n) is 6.50. The highest BCUT2D eigenvalue weighted by Gasteiger charge is 2.38. The van der Waals surface area contributed by atoms with E-state index >= 15 is 0 Å². The summed E-state index contributed by atoms with van der Waals surface area (Å²) in [6.45, 7) is 6.04. The van der Waals surface area contributed by atoms with Crippen molar-refractivity contribution in [3.05, 3.63) is 35.4 Å². The number of aryl methyl sites for hydroxylation is 1. The molecule has 0 fully saturated rings. The van der Waals surface area contributed by atoms with Crippen LogP contribution in [0.2, 0.25) is 0 Å². The molecule has 0 heterocycles. The Morgan fingerprint density at radius 1 is 1.33 bits per heavy atom. The molecule has 1 rings (SSSR count). The van der Waals surface area contributed by atoms with Gasteiger partial charge in [-0.15, -0.1) is 0 Å². The molecule has 0 aliphatic heterocycles. The first kappa shape index (κ1) is 14.7. The first-order chi connectivity index (χ1) is 8.46. The molecule has 3 nitrogen and oxygen atoms in total. The fourth-order valence-corrected chi connectivity index (χ4v) is 2.58. The number of rotatable bonds is 6. The molecule has 2 atom stereocenters. The Labute approximate surface area is 109 Å². The van der Waals surface area contributed by atoms with Crippen molar-refractivity contribution >= 4 is 5.97 Å². The summed E-state index contributed by atoms with van der Waals surface area (Å²) in [5.41, 5.74) is 7.96. The summed E-state index contributed by atoms with van der Waals surface area (Å²) < 4.78 is 0. The molecule has 0 aliphatic carbocycles. The second-order valence-corrected chi connectivity index (χ2v) is 4.96. The van der Waals surface area contributed by atoms with Crippen LogP contribution in [0.15, 0.2) is 24.3 Å². The molecule has 0 bridgehead atoms. The number of aliphatic carboxylic acids is 1. The summed E-state index contributed by atoms with van der Waals surface area (Å²) >= 11 is 0. The molecule has 0 saturated carbocycles. The molecule has 1 aromatic rings. The third-order valence-electron chi connectivity index (χ3n) is 3.87. The molecule has 3 N–H and O–H groups in total. The maximum atomic E-state index is 11.2. The van der Waals surface area contributed by atoms with Gasteiger partial charge in [0.05, 0.1) is 6.42 Å². The van der Waals surface area contributed by atoms with Crippen LogP contribution in [-0.2, 0) is 10.2 Å². The van der Waals surface area contributed by atoms with E-state index in [-0.39, 0.29) is 12.5 Å². The van der Waals surface area contributed by atoms with Gasteiger partial charge in [0.25, 0.3) is 0 Å². The van der Waals surface area contributed by atoms with Crippen LogP contribution in [0, 0.1) is 6.92 Å². The molecule has 1 aromatic carbocycles. The van der Waals surface area contributed by atoms with Gasteiger partial charge in [0.2, 0.25) is 0 Å². The number of carboxylic acid groups (broad SMARTS) is 1. The van der Waals surface area contributed by atoms with Gasteiger partial charge in [-0.1, -0.05) is 43.7 Å². The second kappa shape index (κ2) is 6.01. The van der Waals surface area contributed by atoms with E-state index in [2.05, 4.69) is 0 Å². The van der Waals surface area contributed by atoms with Gasteiger partial charge in [-0.3, -0.25) is 4.79 Å². The van der Waals surface area contributed by atoms with Gasteiger partial charge in [-0.25, -0.2) is 0 Å². The molecule has 3 heteroatoms. The minimum atomic E-state index is -0.790. The highest BCUT2D eigenvalue weighted by Crippen LogP contribution is 2.36. The maximum absolute atomic E-state index is 11.2. The Kier molecular flexibility index (Phi) is 4.91. The normalized spacial score (nSPS) is 16.0.